The molecule has 3 rings (SSSR count). The molecule has 0 aliphatic heterocycles. The van der Waals surface area contributed by atoms with E-state index in [1.54, 1.807) is 25.3 Å². The topological polar surface area (TPSA) is 125 Å². The van der Waals surface area contributed by atoms with Crippen LogP contribution in [0.25, 0.3) is 22.4 Å². The minimum Gasteiger partial charge on any atom is -0.508 e. The molecule has 0 aliphatic carbocycles. The summed E-state index contributed by atoms with van der Waals surface area (Å²) < 4.78 is 10.7. The summed E-state index contributed by atoms with van der Waals surface area (Å²) in [4.78, 5) is 10.9. The second kappa shape index (κ2) is 8.55. The summed E-state index contributed by atoms with van der Waals surface area (Å²) in [5, 5.41) is 36.2. The molecule has 8 nitrogen and oxygen atoms in total. The van der Waals surface area contributed by atoms with Crippen LogP contribution in [-0.2, 0) is 11.2 Å². The van der Waals surface area contributed by atoms with Gasteiger partial charge in [0.15, 0.2) is 11.5 Å². The van der Waals surface area contributed by atoms with Crippen LogP contribution in [0.15, 0.2) is 36.4 Å². The van der Waals surface area contributed by atoms with Gasteiger partial charge in [0.25, 0.3) is 0 Å². The highest BCUT2D eigenvalue weighted by Crippen LogP contribution is 2.41. The molecular weight excluding hydrogens is 376 g/mol. The lowest BCUT2D eigenvalue weighted by atomic mass is 9.96. The van der Waals surface area contributed by atoms with Gasteiger partial charge in [0.1, 0.15) is 17.2 Å². The first-order valence-corrected chi connectivity index (χ1v) is 8.98. The molecule has 0 saturated heterocycles. The van der Waals surface area contributed by atoms with Crippen molar-refractivity contribution >= 4 is 5.97 Å². The van der Waals surface area contributed by atoms with E-state index >= 15 is 0 Å². The average molecular weight is 398 g/mol. The van der Waals surface area contributed by atoms with E-state index in [2.05, 4.69) is 10.2 Å². The second-order valence-corrected chi connectivity index (χ2v) is 6.44. The predicted molar refractivity (Wildman–Crippen MR) is 106 cm³/mol. The molecule has 29 heavy (non-hydrogen) atoms. The molecule has 1 aromatic heterocycles. The van der Waals surface area contributed by atoms with Gasteiger partial charge in [-0.1, -0.05) is 6.07 Å². The minimum absolute atomic E-state index is 0.0319. The zero-order chi connectivity index (χ0) is 21.0. The van der Waals surface area contributed by atoms with E-state index in [0.29, 0.717) is 35.6 Å². The van der Waals surface area contributed by atoms with E-state index in [-0.39, 0.29) is 17.9 Å². The number of aromatic amines is 1. The third kappa shape index (κ3) is 4.26. The molecule has 0 atom stereocenters. The smallest absolute Gasteiger partial charge is 0.303 e. The van der Waals surface area contributed by atoms with Crippen molar-refractivity contribution < 1.29 is 29.6 Å². The number of phenols is 2. The number of benzene rings is 2. The fourth-order valence-corrected chi connectivity index (χ4v) is 3.19. The van der Waals surface area contributed by atoms with Crippen molar-refractivity contribution in [2.24, 2.45) is 0 Å². The molecule has 0 aliphatic rings. The van der Waals surface area contributed by atoms with Crippen molar-refractivity contribution in [1.82, 2.24) is 10.2 Å². The molecule has 0 bridgehead atoms. The number of hydrogen-bond acceptors (Lipinski definition) is 6. The van der Waals surface area contributed by atoms with Gasteiger partial charge in [-0.05, 0) is 42.7 Å². The number of hydrogen-bond donors (Lipinski definition) is 4. The maximum Gasteiger partial charge on any atom is 0.303 e. The van der Waals surface area contributed by atoms with Gasteiger partial charge in [0.05, 0.1) is 14.2 Å². The van der Waals surface area contributed by atoms with Gasteiger partial charge in [-0.25, -0.2) is 0 Å². The Morgan fingerprint density at radius 1 is 1.07 bits per heavy atom. The number of H-pyrrole nitrogens is 1. The summed E-state index contributed by atoms with van der Waals surface area (Å²) in [5.74, 6) is 0.0600. The number of aromatic hydroxyl groups is 2. The molecule has 8 heteroatoms. The van der Waals surface area contributed by atoms with E-state index in [1.807, 2.05) is 6.07 Å². The van der Waals surface area contributed by atoms with Gasteiger partial charge >= 0.3 is 5.97 Å². The Hall–Kier alpha value is -3.68. The number of ether oxygens (including phenoxy) is 2. The normalized spacial score (nSPS) is 10.7. The van der Waals surface area contributed by atoms with Crippen molar-refractivity contribution in [3.63, 3.8) is 0 Å². The van der Waals surface area contributed by atoms with E-state index in [1.165, 1.54) is 19.2 Å². The van der Waals surface area contributed by atoms with Gasteiger partial charge < -0.3 is 24.8 Å². The van der Waals surface area contributed by atoms with E-state index < -0.39 is 5.97 Å². The van der Waals surface area contributed by atoms with Crippen LogP contribution < -0.4 is 9.47 Å². The van der Waals surface area contributed by atoms with Crippen molar-refractivity contribution in [3.05, 3.63) is 42.1 Å². The summed E-state index contributed by atoms with van der Waals surface area (Å²) in [6.07, 6.45) is 0.921. The summed E-state index contributed by atoms with van der Waals surface area (Å²) >= 11 is 0. The van der Waals surface area contributed by atoms with Crippen molar-refractivity contribution in [2.45, 2.75) is 19.3 Å². The molecule has 0 amide bonds. The Morgan fingerprint density at radius 2 is 1.83 bits per heavy atom. The van der Waals surface area contributed by atoms with Crippen LogP contribution in [-0.4, -0.2) is 45.7 Å². The maximum absolute atomic E-state index is 10.9. The number of nitrogens with one attached hydrogen (secondary N) is 1. The van der Waals surface area contributed by atoms with Gasteiger partial charge in [-0.15, -0.1) is 0 Å². The Balaban J connectivity index is 2.13. The first-order valence-electron chi connectivity index (χ1n) is 8.98. The zero-order valence-corrected chi connectivity index (χ0v) is 16.1. The van der Waals surface area contributed by atoms with Crippen LogP contribution in [0.5, 0.6) is 23.0 Å². The maximum atomic E-state index is 10.9. The molecule has 1 heterocycles. The lowest BCUT2D eigenvalue weighted by Gasteiger charge is -2.12. The number of nitrogens with zero attached hydrogens (tertiary/aromatic N) is 1. The van der Waals surface area contributed by atoms with Crippen LogP contribution in [0.3, 0.4) is 0 Å². The standard InChI is InChI=1S/C21H22N2O6/c1-28-17-9-6-12(10-18(17)29-2)20-15(4-3-5-19(26)27)22-23-21(20)14-8-7-13(24)11-16(14)25/h6-11,24-25H,3-5H2,1-2H3,(H,22,23)(H,26,27). The summed E-state index contributed by atoms with van der Waals surface area (Å²) in [6.45, 7) is 0. The first-order chi connectivity index (χ1) is 13.9. The molecule has 0 unspecified atom stereocenters. The highest BCUT2D eigenvalue weighted by atomic mass is 16.5. The largest absolute Gasteiger partial charge is 0.508 e. The molecule has 0 saturated carbocycles. The monoisotopic (exact) mass is 398 g/mol. The Morgan fingerprint density at radius 3 is 2.48 bits per heavy atom. The number of carbonyl (C=O) groups is 1. The quantitative estimate of drug-likeness (QED) is 0.457. The molecule has 0 radical (unpaired) electrons. The van der Waals surface area contributed by atoms with Crippen molar-refractivity contribution in [2.75, 3.05) is 14.2 Å². The number of methoxy groups -OCH3 is 2. The highest BCUT2D eigenvalue weighted by Gasteiger charge is 2.21. The molecular formula is C21H22N2O6. The van der Waals surface area contributed by atoms with Crippen LogP contribution in [0.4, 0.5) is 0 Å². The van der Waals surface area contributed by atoms with Crippen molar-refractivity contribution in [3.8, 4) is 45.4 Å². The van der Waals surface area contributed by atoms with E-state index in [4.69, 9.17) is 14.6 Å². The predicted octanol–water partition coefficient (Wildman–Crippen LogP) is 3.58. The number of phenolic OH excluding ortho intramolecular Hbond substituents is 2. The number of aliphatic carboxylic acids is 1. The Bertz CT molecular complexity index is 1030. The number of aryl methyl sites for hydroxylation is 1. The lowest BCUT2D eigenvalue weighted by Crippen LogP contribution is -1.97. The third-order valence-electron chi connectivity index (χ3n) is 4.57. The van der Waals surface area contributed by atoms with E-state index in [0.717, 1.165) is 16.8 Å². The van der Waals surface area contributed by atoms with E-state index in [9.17, 15) is 15.0 Å². The fraction of sp³-hybridized carbons (Fsp3) is 0.238. The highest BCUT2D eigenvalue weighted by molar-refractivity contribution is 5.86. The average Bonchev–Trinajstić information content (AvgIpc) is 3.10. The lowest BCUT2D eigenvalue weighted by molar-refractivity contribution is -0.137. The van der Waals surface area contributed by atoms with Gasteiger partial charge in [-0.3, -0.25) is 9.89 Å². The van der Waals surface area contributed by atoms with Gasteiger partial charge in [0, 0.05) is 29.3 Å². The Labute approximate surface area is 167 Å². The number of carboxylic acid groups (broad SMARTS) is 1. The van der Waals surface area contributed by atoms with Crippen LogP contribution >= 0.6 is 0 Å². The molecule has 3 aromatic rings. The van der Waals surface area contributed by atoms with Gasteiger partial charge in [0.2, 0.25) is 0 Å². The fourth-order valence-electron chi connectivity index (χ4n) is 3.19. The summed E-state index contributed by atoms with van der Waals surface area (Å²) in [7, 11) is 3.09. The van der Waals surface area contributed by atoms with Gasteiger partial charge in [-0.2, -0.15) is 5.10 Å². The van der Waals surface area contributed by atoms with Crippen molar-refractivity contribution in [1.29, 1.82) is 0 Å². The molecule has 152 valence electrons. The third-order valence-corrected chi connectivity index (χ3v) is 4.57. The minimum atomic E-state index is -0.867. The summed E-state index contributed by atoms with van der Waals surface area (Å²) in [6, 6.07) is 9.69. The van der Waals surface area contributed by atoms with Crippen LogP contribution in [0.1, 0.15) is 18.5 Å². The summed E-state index contributed by atoms with van der Waals surface area (Å²) in [5.41, 5.74) is 3.15. The molecule has 0 fully saturated rings. The number of carboxylic acids is 1. The number of rotatable bonds is 8. The second-order valence-electron chi connectivity index (χ2n) is 6.44. The van der Waals surface area contributed by atoms with Crippen LogP contribution in [0.2, 0.25) is 0 Å². The van der Waals surface area contributed by atoms with Crippen LogP contribution in [0, 0.1) is 0 Å². The molecule has 2 aromatic carbocycles. The zero-order valence-electron chi connectivity index (χ0n) is 16.1. The number of aromatic nitrogens is 2. The first kappa shape index (κ1) is 20.1. The Kier molecular flexibility index (Phi) is 5.92. The SMILES string of the molecule is COc1ccc(-c2c(-c3ccc(O)cc3O)n[nH]c2CCCC(=O)O)cc1OC. The molecule has 4 N–H and O–H groups in total. The molecule has 0 spiro atoms.